The lowest BCUT2D eigenvalue weighted by Gasteiger charge is -1.96. The zero-order valence-corrected chi connectivity index (χ0v) is 9.75. The largest absolute Gasteiger partial charge is 0.302 e. The van der Waals surface area contributed by atoms with Gasteiger partial charge in [-0.05, 0) is 25.0 Å². The fourth-order valence-corrected chi connectivity index (χ4v) is 2.54. The molecule has 0 atom stereocenters. The van der Waals surface area contributed by atoms with Gasteiger partial charge in [-0.3, -0.25) is 4.79 Å². The summed E-state index contributed by atoms with van der Waals surface area (Å²) < 4.78 is 0.926. The zero-order valence-electron chi connectivity index (χ0n) is 8.93. The third kappa shape index (κ3) is 1.87. The number of thiazole rings is 1. The van der Waals surface area contributed by atoms with Gasteiger partial charge in [0.25, 0.3) is 0 Å². The quantitative estimate of drug-likeness (QED) is 0.881. The van der Waals surface area contributed by atoms with Crippen LogP contribution in [0, 0.1) is 17.2 Å². The minimum atomic E-state index is 0.0440. The lowest BCUT2D eigenvalue weighted by molar-refractivity contribution is -0.117. The molecule has 1 aromatic heterocycles. The lowest BCUT2D eigenvalue weighted by atomic mass is 10.2. The van der Waals surface area contributed by atoms with Crippen LogP contribution in [0.25, 0.3) is 10.2 Å². The van der Waals surface area contributed by atoms with Gasteiger partial charge in [-0.25, -0.2) is 4.98 Å². The molecular weight excluding hydrogens is 234 g/mol. The summed E-state index contributed by atoms with van der Waals surface area (Å²) in [4.78, 5) is 15.9. The molecule has 0 spiro atoms. The van der Waals surface area contributed by atoms with Crippen LogP contribution in [0.5, 0.6) is 0 Å². The summed E-state index contributed by atoms with van der Waals surface area (Å²) in [5, 5.41) is 12.3. The Hall–Kier alpha value is -1.93. The van der Waals surface area contributed by atoms with Crippen LogP contribution in [-0.4, -0.2) is 10.9 Å². The highest BCUT2D eigenvalue weighted by molar-refractivity contribution is 7.22. The molecule has 0 aliphatic heterocycles. The van der Waals surface area contributed by atoms with E-state index in [1.54, 1.807) is 6.07 Å². The fraction of sp³-hybridized carbons (Fsp3) is 0.250. The number of rotatable bonds is 2. The van der Waals surface area contributed by atoms with E-state index in [-0.39, 0.29) is 11.8 Å². The lowest BCUT2D eigenvalue weighted by Crippen LogP contribution is -2.12. The van der Waals surface area contributed by atoms with Gasteiger partial charge in [0.05, 0.1) is 10.3 Å². The van der Waals surface area contributed by atoms with E-state index in [0.29, 0.717) is 16.2 Å². The van der Waals surface area contributed by atoms with Crippen LogP contribution in [0.2, 0.25) is 0 Å². The zero-order chi connectivity index (χ0) is 11.8. The summed E-state index contributed by atoms with van der Waals surface area (Å²) >= 11 is 1.41. The summed E-state index contributed by atoms with van der Waals surface area (Å²) in [5.74, 6) is 0.208. The summed E-state index contributed by atoms with van der Waals surface area (Å²) in [5.41, 5.74) is 1.22. The molecule has 0 saturated heterocycles. The van der Waals surface area contributed by atoms with Crippen molar-refractivity contribution in [1.82, 2.24) is 4.98 Å². The Morgan fingerprint density at radius 3 is 3.06 bits per heavy atom. The summed E-state index contributed by atoms with van der Waals surface area (Å²) in [7, 11) is 0. The maximum absolute atomic E-state index is 11.6. The molecule has 84 valence electrons. The minimum absolute atomic E-state index is 0.0440. The van der Waals surface area contributed by atoms with Gasteiger partial charge >= 0.3 is 0 Å². The molecule has 1 heterocycles. The SMILES string of the molecule is N#Cc1cccc2sc(NC(=O)C3CC3)nc12. The first-order valence-corrected chi connectivity index (χ1v) is 6.20. The van der Waals surface area contributed by atoms with Crippen LogP contribution < -0.4 is 5.32 Å². The Morgan fingerprint density at radius 2 is 2.35 bits per heavy atom. The molecule has 0 radical (unpaired) electrons. The van der Waals surface area contributed by atoms with Crippen LogP contribution in [0.4, 0.5) is 5.13 Å². The van der Waals surface area contributed by atoms with Crippen molar-refractivity contribution in [2.24, 2.45) is 5.92 Å². The highest BCUT2D eigenvalue weighted by Crippen LogP contribution is 2.32. The molecule has 1 amide bonds. The van der Waals surface area contributed by atoms with E-state index in [9.17, 15) is 4.79 Å². The van der Waals surface area contributed by atoms with Gasteiger partial charge in [0.1, 0.15) is 11.6 Å². The molecular formula is C12H9N3OS. The first kappa shape index (κ1) is 10.2. The number of nitrogens with one attached hydrogen (secondary N) is 1. The molecule has 5 heteroatoms. The van der Waals surface area contributed by atoms with Crippen LogP contribution in [0.3, 0.4) is 0 Å². The Balaban J connectivity index is 1.96. The Labute approximate surface area is 102 Å². The van der Waals surface area contributed by atoms with Crippen LogP contribution in [0.15, 0.2) is 18.2 Å². The van der Waals surface area contributed by atoms with Gasteiger partial charge in [0.15, 0.2) is 5.13 Å². The van der Waals surface area contributed by atoms with Gasteiger partial charge in [-0.2, -0.15) is 5.26 Å². The maximum atomic E-state index is 11.6. The third-order valence-corrected chi connectivity index (χ3v) is 3.65. The second-order valence-corrected chi connectivity index (χ2v) is 5.08. The van der Waals surface area contributed by atoms with E-state index in [2.05, 4.69) is 16.4 Å². The average molecular weight is 243 g/mol. The van der Waals surface area contributed by atoms with Crippen molar-refractivity contribution in [3.05, 3.63) is 23.8 Å². The van der Waals surface area contributed by atoms with Crippen molar-refractivity contribution < 1.29 is 4.79 Å². The van der Waals surface area contributed by atoms with E-state index >= 15 is 0 Å². The Morgan fingerprint density at radius 1 is 1.53 bits per heavy atom. The Bertz CT molecular complexity index is 637. The van der Waals surface area contributed by atoms with Gasteiger partial charge in [0.2, 0.25) is 5.91 Å². The van der Waals surface area contributed by atoms with Crippen LogP contribution in [-0.2, 0) is 4.79 Å². The summed E-state index contributed by atoms with van der Waals surface area (Å²) in [6, 6.07) is 7.56. The van der Waals surface area contributed by atoms with Crippen LogP contribution >= 0.6 is 11.3 Å². The normalized spacial score (nSPS) is 14.5. The summed E-state index contributed by atoms with van der Waals surface area (Å²) in [6.45, 7) is 0. The van der Waals surface area contributed by atoms with E-state index in [4.69, 9.17) is 5.26 Å². The number of nitriles is 1. The molecule has 1 N–H and O–H groups in total. The predicted molar refractivity (Wildman–Crippen MR) is 65.7 cm³/mol. The first-order chi connectivity index (χ1) is 8.28. The smallest absolute Gasteiger partial charge is 0.229 e. The highest BCUT2D eigenvalue weighted by atomic mass is 32.1. The second-order valence-electron chi connectivity index (χ2n) is 4.05. The molecule has 1 fully saturated rings. The molecule has 0 bridgehead atoms. The number of fused-ring (bicyclic) bond motifs is 1. The van der Waals surface area contributed by atoms with Crippen molar-refractivity contribution in [2.75, 3.05) is 5.32 Å². The number of benzene rings is 1. The molecule has 2 aromatic rings. The van der Waals surface area contributed by atoms with E-state index < -0.39 is 0 Å². The number of para-hydroxylation sites is 1. The van der Waals surface area contributed by atoms with Gasteiger partial charge in [-0.15, -0.1) is 0 Å². The number of carbonyl (C=O) groups excluding carboxylic acids is 1. The third-order valence-electron chi connectivity index (χ3n) is 2.72. The van der Waals surface area contributed by atoms with Gasteiger partial charge in [-0.1, -0.05) is 17.4 Å². The molecule has 1 aliphatic rings. The fourth-order valence-electron chi connectivity index (χ4n) is 1.65. The van der Waals surface area contributed by atoms with Crippen LogP contribution in [0.1, 0.15) is 18.4 Å². The van der Waals surface area contributed by atoms with Crippen molar-refractivity contribution in [2.45, 2.75) is 12.8 Å². The molecule has 17 heavy (non-hydrogen) atoms. The van der Waals surface area contributed by atoms with E-state index in [1.807, 2.05) is 12.1 Å². The predicted octanol–water partition coefficient (Wildman–Crippen LogP) is 2.52. The van der Waals surface area contributed by atoms with Crippen molar-refractivity contribution in [1.29, 1.82) is 5.26 Å². The molecule has 4 nitrogen and oxygen atoms in total. The number of aromatic nitrogens is 1. The summed E-state index contributed by atoms with van der Waals surface area (Å²) in [6.07, 6.45) is 1.94. The Kier molecular flexibility index (Phi) is 2.30. The molecule has 1 saturated carbocycles. The first-order valence-electron chi connectivity index (χ1n) is 5.38. The molecule has 1 aromatic carbocycles. The van der Waals surface area contributed by atoms with E-state index in [0.717, 1.165) is 17.5 Å². The van der Waals surface area contributed by atoms with Gasteiger partial charge in [0, 0.05) is 5.92 Å². The number of hydrogen-bond acceptors (Lipinski definition) is 4. The number of hydrogen-bond donors (Lipinski definition) is 1. The van der Waals surface area contributed by atoms with Crippen molar-refractivity contribution >= 4 is 32.6 Å². The standard InChI is InChI=1S/C12H9N3OS/c13-6-8-2-1-3-9-10(8)14-12(17-9)15-11(16)7-4-5-7/h1-3,7H,4-5H2,(H,14,15,16). The number of nitrogens with zero attached hydrogens (tertiary/aromatic N) is 2. The van der Waals surface area contributed by atoms with Crippen molar-refractivity contribution in [3.8, 4) is 6.07 Å². The topological polar surface area (TPSA) is 65.8 Å². The molecule has 3 rings (SSSR count). The monoisotopic (exact) mass is 243 g/mol. The minimum Gasteiger partial charge on any atom is -0.302 e. The number of amides is 1. The second kappa shape index (κ2) is 3.82. The maximum Gasteiger partial charge on any atom is 0.229 e. The molecule has 1 aliphatic carbocycles. The van der Waals surface area contributed by atoms with Crippen molar-refractivity contribution in [3.63, 3.8) is 0 Å². The molecule has 0 unspecified atom stereocenters. The number of anilines is 1. The average Bonchev–Trinajstić information content (AvgIpc) is 3.09. The van der Waals surface area contributed by atoms with Gasteiger partial charge < -0.3 is 5.32 Å². The van der Waals surface area contributed by atoms with E-state index in [1.165, 1.54) is 11.3 Å². The number of carbonyl (C=O) groups is 1. The highest BCUT2D eigenvalue weighted by Gasteiger charge is 2.30.